The summed E-state index contributed by atoms with van der Waals surface area (Å²) in [5, 5.41) is 8.38. The minimum atomic E-state index is 0.0729. The van der Waals surface area contributed by atoms with Crippen molar-refractivity contribution in [2.75, 3.05) is 0 Å². The van der Waals surface area contributed by atoms with E-state index in [2.05, 4.69) is 11.2 Å². The molecule has 37 valence electrons. The van der Waals surface area contributed by atoms with Crippen molar-refractivity contribution in [2.45, 2.75) is 6.61 Å². The van der Waals surface area contributed by atoms with Crippen molar-refractivity contribution >= 4 is 0 Å². The largest absolute Gasteiger partial charge is 0.392 e. The van der Waals surface area contributed by atoms with E-state index in [4.69, 9.17) is 5.11 Å². The quantitative estimate of drug-likeness (QED) is 0.518. The summed E-state index contributed by atoms with van der Waals surface area (Å²) >= 11 is 0. The lowest BCUT2D eigenvalue weighted by atomic mass is 10.4. The van der Waals surface area contributed by atoms with Gasteiger partial charge in [0.25, 0.3) is 0 Å². The molecule has 2 nitrogen and oxygen atoms in total. The van der Waals surface area contributed by atoms with E-state index in [-0.39, 0.29) is 6.61 Å². The van der Waals surface area contributed by atoms with Crippen molar-refractivity contribution in [3.8, 4) is 0 Å². The maximum absolute atomic E-state index is 8.38. The van der Waals surface area contributed by atoms with Gasteiger partial charge in [0.2, 0.25) is 0 Å². The topological polar surface area (TPSA) is 36.0 Å². The summed E-state index contributed by atoms with van der Waals surface area (Å²) < 4.78 is 0. The molecule has 1 radical (unpaired) electrons. The van der Waals surface area contributed by atoms with Gasteiger partial charge in [-0.3, -0.25) is 0 Å². The molecule has 0 bridgehead atoms. The second-order valence-electron chi connectivity index (χ2n) is 1.29. The number of hydrogen-bond donors (Lipinski definition) is 2. The summed E-state index contributed by atoms with van der Waals surface area (Å²) in [6.07, 6.45) is 4.44. The standard InChI is InChI=1S/C5H6NO/c7-4-5-1-2-6-3-5/h1-2,6-7H,4H2. The van der Waals surface area contributed by atoms with Gasteiger partial charge in [-0.1, -0.05) is 0 Å². The van der Waals surface area contributed by atoms with Crippen molar-refractivity contribution in [3.63, 3.8) is 0 Å². The van der Waals surface area contributed by atoms with E-state index in [0.717, 1.165) is 5.56 Å². The highest BCUT2D eigenvalue weighted by Gasteiger charge is 1.83. The minimum absolute atomic E-state index is 0.0729. The third kappa shape index (κ3) is 0.810. The summed E-state index contributed by atoms with van der Waals surface area (Å²) in [6.45, 7) is 0.0729. The SMILES string of the molecule is OCc1[c][nH]cc1. The Morgan fingerprint density at radius 2 is 2.71 bits per heavy atom. The molecule has 0 aliphatic rings. The van der Waals surface area contributed by atoms with Crippen LogP contribution in [0.1, 0.15) is 5.56 Å². The predicted octanol–water partition coefficient (Wildman–Crippen LogP) is 0.307. The number of nitrogens with one attached hydrogen (secondary N) is 1. The van der Waals surface area contributed by atoms with E-state index < -0.39 is 0 Å². The van der Waals surface area contributed by atoms with E-state index in [9.17, 15) is 0 Å². The van der Waals surface area contributed by atoms with Gasteiger partial charge in [0.15, 0.2) is 0 Å². The van der Waals surface area contributed by atoms with Gasteiger partial charge in [-0.05, 0) is 6.07 Å². The van der Waals surface area contributed by atoms with Crippen LogP contribution in [0.15, 0.2) is 12.3 Å². The number of hydrogen-bond acceptors (Lipinski definition) is 1. The van der Waals surface area contributed by atoms with Crippen molar-refractivity contribution in [1.29, 1.82) is 0 Å². The summed E-state index contributed by atoms with van der Waals surface area (Å²) in [5.74, 6) is 0. The van der Waals surface area contributed by atoms with Crippen molar-refractivity contribution in [3.05, 3.63) is 24.0 Å². The molecule has 1 heterocycles. The molecule has 0 saturated carbocycles. The first kappa shape index (κ1) is 4.40. The van der Waals surface area contributed by atoms with Crippen LogP contribution in [0.25, 0.3) is 0 Å². The maximum Gasteiger partial charge on any atom is 0.0703 e. The fraction of sp³-hybridized carbons (Fsp3) is 0.200. The zero-order valence-electron chi connectivity index (χ0n) is 3.81. The summed E-state index contributed by atoms with van der Waals surface area (Å²) in [7, 11) is 0. The fourth-order valence-corrected chi connectivity index (χ4v) is 0.411. The number of rotatable bonds is 1. The van der Waals surface area contributed by atoms with Crippen LogP contribution in [0.4, 0.5) is 0 Å². The fourth-order valence-electron chi connectivity index (χ4n) is 0.411. The number of aliphatic hydroxyl groups excluding tert-OH is 1. The monoisotopic (exact) mass is 96.0 g/mol. The Morgan fingerprint density at radius 3 is 3.00 bits per heavy atom. The van der Waals surface area contributed by atoms with Crippen molar-refractivity contribution in [1.82, 2.24) is 4.98 Å². The van der Waals surface area contributed by atoms with E-state index in [1.54, 1.807) is 12.3 Å². The first-order valence-corrected chi connectivity index (χ1v) is 2.08. The zero-order valence-corrected chi connectivity index (χ0v) is 3.81. The Labute approximate surface area is 41.8 Å². The van der Waals surface area contributed by atoms with Crippen LogP contribution in [-0.2, 0) is 6.61 Å². The molecular formula is C5H6NO. The van der Waals surface area contributed by atoms with Gasteiger partial charge in [-0.25, -0.2) is 0 Å². The lowest BCUT2D eigenvalue weighted by molar-refractivity contribution is 0.282. The van der Waals surface area contributed by atoms with Crippen LogP contribution in [0.2, 0.25) is 0 Å². The Hall–Kier alpha value is -0.760. The van der Waals surface area contributed by atoms with E-state index in [1.165, 1.54) is 0 Å². The highest BCUT2D eigenvalue weighted by atomic mass is 16.3. The molecule has 1 aromatic heterocycles. The smallest absolute Gasteiger partial charge is 0.0703 e. The van der Waals surface area contributed by atoms with Crippen LogP contribution in [0.5, 0.6) is 0 Å². The zero-order chi connectivity index (χ0) is 5.11. The maximum atomic E-state index is 8.38. The molecule has 0 fully saturated rings. The molecule has 0 aliphatic carbocycles. The third-order valence-electron chi connectivity index (χ3n) is 0.771. The van der Waals surface area contributed by atoms with Gasteiger partial charge in [0.1, 0.15) is 0 Å². The molecule has 2 N–H and O–H groups in total. The average Bonchev–Trinajstić information content (AvgIpc) is 2.14. The molecule has 0 saturated heterocycles. The predicted molar refractivity (Wildman–Crippen MR) is 25.6 cm³/mol. The molecule has 2 heteroatoms. The lowest BCUT2D eigenvalue weighted by Gasteiger charge is -1.77. The average molecular weight is 96.1 g/mol. The highest BCUT2D eigenvalue weighted by molar-refractivity contribution is 5.04. The van der Waals surface area contributed by atoms with Gasteiger partial charge in [0, 0.05) is 11.8 Å². The van der Waals surface area contributed by atoms with Crippen LogP contribution in [0.3, 0.4) is 0 Å². The molecule has 0 unspecified atom stereocenters. The Balaban J connectivity index is 2.76. The molecule has 0 atom stereocenters. The van der Waals surface area contributed by atoms with Crippen molar-refractivity contribution in [2.24, 2.45) is 0 Å². The second-order valence-corrected chi connectivity index (χ2v) is 1.29. The van der Waals surface area contributed by atoms with Crippen LogP contribution >= 0.6 is 0 Å². The molecule has 0 spiro atoms. The molecule has 1 aromatic rings. The van der Waals surface area contributed by atoms with Crippen LogP contribution < -0.4 is 0 Å². The van der Waals surface area contributed by atoms with E-state index >= 15 is 0 Å². The molecular weight excluding hydrogens is 90.1 g/mol. The minimum Gasteiger partial charge on any atom is -0.392 e. The van der Waals surface area contributed by atoms with Gasteiger partial charge >= 0.3 is 0 Å². The van der Waals surface area contributed by atoms with E-state index in [0.29, 0.717) is 0 Å². The summed E-state index contributed by atoms with van der Waals surface area (Å²) in [4.78, 5) is 2.70. The number of aliphatic hydroxyl groups is 1. The summed E-state index contributed by atoms with van der Waals surface area (Å²) in [5.41, 5.74) is 0.806. The van der Waals surface area contributed by atoms with Crippen LogP contribution in [-0.4, -0.2) is 10.1 Å². The molecule has 0 amide bonds. The molecule has 0 aromatic carbocycles. The van der Waals surface area contributed by atoms with Crippen LogP contribution in [0, 0.1) is 6.20 Å². The van der Waals surface area contributed by atoms with Gasteiger partial charge in [0.05, 0.1) is 12.8 Å². The Bertz CT molecular complexity index is 123. The third-order valence-corrected chi connectivity index (χ3v) is 0.771. The summed E-state index contributed by atoms with van der Waals surface area (Å²) in [6, 6.07) is 1.78. The van der Waals surface area contributed by atoms with E-state index in [1.807, 2.05) is 0 Å². The second kappa shape index (κ2) is 1.80. The number of H-pyrrole nitrogens is 1. The first-order valence-electron chi connectivity index (χ1n) is 2.08. The molecule has 1 rings (SSSR count). The van der Waals surface area contributed by atoms with Crippen molar-refractivity contribution < 1.29 is 5.11 Å². The Kier molecular flexibility index (Phi) is 1.13. The van der Waals surface area contributed by atoms with Gasteiger partial charge < -0.3 is 10.1 Å². The van der Waals surface area contributed by atoms with Gasteiger partial charge in [-0.2, -0.15) is 0 Å². The highest BCUT2D eigenvalue weighted by Crippen LogP contribution is 1.91. The normalized spacial score (nSPS) is 9.29. The molecule has 7 heavy (non-hydrogen) atoms. The van der Waals surface area contributed by atoms with Gasteiger partial charge in [-0.15, -0.1) is 0 Å². The first-order chi connectivity index (χ1) is 3.43. The lowest BCUT2D eigenvalue weighted by Crippen LogP contribution is -1.73. The number of aromatic nitrogens is 1. The Morgan fingerprint density at radius 1 is 1.86 bits per heavy atom. The molecule has 0 aliphatic heterocycles. The number of aromatic amines is 1.